The van der Waals surface area contributed by atoms with E-state index in [2.05, 4.69) is 48.7 Å². The third-order valence-electron chi connectivity index (χ3n) is 2.49. The molecule has 0 unspecified atom stereocenters. The van der Waals surface area contributed by atoms with Crippen LogP contribution < -0.4 is 5.32 Å². The SMILES string of the molecule is CCC(C)(C)CNCc1ccc(I)o1. The number of hydrogen-bond donors (Lipinski definition) is 1. The van der Waals surface area contributed by atoms with Gasteiger partial charge in [0.05, 0.1) is 6.54 Å². The molecule has 1 rings (SSSR count). The van der Waals surface area contributed by atoms with Crippen LogP contribution in [-0.2, 0) is 6.54 Å². The second kappa shape index (κ2) is 5.16. The molecule has 0 aliphatic carbocycles. The van der Waals surface area contributed by atoms with E-state index >= 15 is 0 Å². The van der Waals surface area contributed by atoms with Crippen molar-refractivity contribution >= 4 is 22.6 Å². The number of hydrogen-bond acceptors (Lipinski definition) is 2. The van der Waals surface area contributed by atoms with Crippen LogP contribution in [0.3, 0.4) is 0 Å². The molecule has 0 atom stereocenters. The Morgan fingerprint density at radius 3 is 2.64 bits per heavy atom. The van der Waals surface area contributed by atoms with Gasteiger partial charge in [0.2, 0.25) is 0 Å². The molecular formula is C11H18INO. The molecule has 0 saturated heterocycles. The molecule has 0 bridgehead atoms. The van der Waals surface area contributed by atoms with Crippen molar-refractivity contribution in [2.75, 3.05) is 6.54 Å². The number of nitrogens with one attached hydrogen (secondary N) is 1. The molecule has 0 aromatic carbocycles. The standard InChI is InChI=1S/C11H18INO/c1-4-11(2,3)8-13-7-9-5-6-10(12)14-9/h5-6,13H,4,7-8H2,1-3H3. The van der Waals surface area contributed by atoms with E-state index in [1.165, 1.54) is 6.42 Å². The fourth-order valence-electron chi connectivity index (χ4n) is 1.10. The highest BCUT2D eigenvalue weighted by molar-refractivity contribution is 14.1. The van der Waals surface area contributed by atoms with E-state index in [0.29, 0.717) is 5.41 Å². The van der Waals surface area contributed by atoms with Gasteiger partial charge in [0.25, 0.3) is 0 Å². The summed E-state index contributed by atoms with van der Waals surface area (Å²) < 4.78 is 6.41. The summed E-state index contributed by atoms with van der Waals surface area (Å²) in [6.07, 6.45) is 1.19. The Kier molecular flexibility index (Phi) is 4.44. The van der Waals surface area contributed by atoms with Crippen LogP contribution in [-0.4, -0.2) is 6.54 Å². The van der Waals surface area contributed by atoms with Crippen LogP contribution in [0.4, 0.5) is 0 Å². The molecule has 0 saturated carbocycles. The fraction of sp³-hybridized carbons (Fsp3) is 0.636. The Labute approximate surface area is 99.6 Å². The molecular weight excluding hydrogens is 289 g/mol. The van der Waals surface area contributed by atoms with Gasteiger partial charge in [0, 0.05) is 6.54 Å². The molecule has 1 heterocycles. The van der Waals surface area contributed by atoms with Gasteiger partial charge in [0.15, 0.2) is 3.77 Å². The highest BCUT2D eigenvalue weighted by atomic mass is 127. The average molecular weight is 307 g/mol. The van der Waals surface area contributed by atoms with E-state index in [1.807, 2.05) is 12.1 Å². The van der Waals surface area contributed by atoms with Crippen LogP contribution in [0.5, 0.6) is 0 Å². The van der Waals surface area contributed by atoms with Crippen molar-refractivity contribution in [1.29, 1.82) is 0 Å². The first-order valence-electron chi connectivity index (χ1n) is 4.98. The first kappa shape index (κ1) is 12.0. The third-order valence-corrected chi connectivity index (χ3v) is 3.07. The average Bonchev–Trinajstić information content (AvgIpc) is 2.51. The normalized spacial score (nSPS) is 12.0. The lowest BCUT2D eigenvalue weighted by Crippen LogP contribution is -2.28. The maximum Gasteiger partial charge on any atom is 0.164 e. The lowest BCUT2D eigenvalue weighted by Gasteiger charge is -2.22. The van der Waals surface area contributed by atoms with Gasteiger partial charge in [-0.05, 0) is 46.6 Å². The molecule has 0 aliphatic heterocycles. The van der Waals surface area contributed by atoms with Crippen molar-refractivity contribution in [2.45, 2.75) is 33.7 Å². The zero-order valence-corrected chi connectivity index (χ0v) is 11.2. The van der Waals surface area contributed by atoms with Gasteiger partial charge in [-0.1, -0.05) is 20.8 Å². The Morgan fingerprint density at radius 1 is 1.43 bits per heavy atom. The lowest BCUT2D eigenvalue weighted by atomic mass is 9.90. The topological polar surface area (TPSA) is 25.2 Å². The van der Waals surface area contributed by atoms with Crippen molar-refractivity contribution in [1.82, 2.24) is 5.32 Å². The molecule has 1 N–H and O–H groups in total. The van der Waals surface area contributed by atoms with E-state index in [9.17, 15) is 0 Å². The third kappa shape index (κ3) is 4.00. The van der Waals surface area contributed by atoms with Gasteiger partial charge in [-0.3, -0.25) is 0 Å². The number of furan rings is 1. The van der Waals surface area contributed by atoms with Crippen molar-refractivity contribution in [3.05, 3.63) is 21.7 Å². The van der Waals surface area contributed by atoms with E-state index < -0.39 is 0 Å². The van der Waals surface area contributed by atoms with E-state index in [-0.39, 0.29) is 0 Å². The second-order valence-corrected chi connectivity index (χ2v) is 5.39. The molecule has 80 valence electrons. The predicted molar refractivity (Wildman–Crippen MR) is 67.2 cm³/mol. The smallest absolute Gasteiger partial charge is 0.164 e. The fourth-order valence-corrected chi connectivity index (χ4v) is 1.56. The van der Waals surface area contributed by atoms with E-state index in [4.69, 9.17) is 4.42 Å². The molecule has 14 heavy (non-hydrogen) atoms. The highest BCUT2D eigenvalue weighted by Crippen LogP contribution is 2.18. The summed E-state index contributed by atoms with van der Waals surface area (Å²) in [5, 5.41) is 3.41. The summed E-state index contributed by atoms with van der Waals surface area (Å²) in [6, 6.07) is 4.01. The van der Waals surface area contributed by atoms with Gasteiger partial charge >= 0.3 is 0 Å². The summed E-state index contributed by atoms with van der Waals surface area (Å²) in [5.41, 5.74) is 0.375. The largest absolute Gasteiger partial charge is 0.454 e. The van der Waals surface area contributed by atoms with E-state index in [0.717, 1.165) is 22.6 Å². The lowest BCUT2D eigenvalue weighted by molar-refractivity contribution is 0.320. The Bertz CT molecular complexity index is 281. The quantitative estimate of drug-likeness (QED) is 0.843. The van der Waals surface area contributed by atoms with Crippen LogP contribution in [0.25, 0.3) is 0 Å². The number of halogens is 1. The van der Waals surface area contributed by atoms with Gasteiger partial charge in [-0.2, -0.15) is 0 Å². The first-order chi connectivity index (χ1) is 6.53. The van der Waals surface area contributed by atoms with Crippen LogP contribution in [0.2, 0.25) is 0 Å². The molecule has 3 heteroatoms. The van der Waals surface area contributed by atoms with Crippen LogP contribution in [0.1, 0.15) is 33.0 Å². The molecule has 2 nitrogen and oxygen atoms in total. The summed E-state index contributed by atoms with van der Waals surface area (Å²) in [7, 11) is 0. The van der Waals surface area contributed by atoms with Crippen LogP contribution >= 0.6 is 22.6 Å². The zero-order valence-electron chi connectivity index (χ0n) is 9.06. The van der Waals surface area contributed by atoms with Crippen molar-refractivity contribution in [2.24, 2.45) is 5.41 Å². The maximum absolute atomic E-state index is 5.46. The van der Waals surface area contributed by atoms with Crippen LogP contribution in [0, 0.1) is 9.18 Å². The van der Waals surface area contributed by atoms with Gasteiger partial charge in [-0.15, -0.1) is 0 Å². The van der Waals surface area contributed by atoms with E-state index in [1.54, 1.807) is 0 Å². The van der Waals surface area contributed by atoms with Crippen molar-refractivity contribution < 1.29 is 4.42 Å². The molecule has 0 amide bonds. The molecule has 1 aromatic heterocycles. The summed E-state index contributed by atoms with van der Waals surface area (Å²) >= 11 is 2.18. The monoisotopic (exact) mass is 307 g/mol. The van der Waals surface area contributed by atoms with Gasteiger partial charge < -0.3 is 9.73 Å². The van der Waals surface area contributed by atoms with Crippen molar-refractivity contribution in [3.63, 3.8) is 0 Å². The predicted octanol–water partition coefficient (Wildman–Crippen LogP) is 3.41. The minimum atomic E-state index is 0.375. The maximum atomic E-state index is 5.46. The Balaban J connectivity index is 2.28. The molecule has 0 spiro atoms. The number of rotatable bonds is 5. The minimum absolute atomic E-state index is 0.375. The van der Waals surface area contributed by atoms with Crippen molar-refractivity contribution in [3.8, 4) is 0 Å². The second-order valence-electron chi connectivity index (χ2n) is 4.33. The Morgan fingerprint density at radius 2 is 2.14 bits per heavy atom. The van der Waals surface area contributed by atoms with Gasteiger partial charge in [-0.25, -0.2) is 0 Å². The summed E-state index contributed by atoms with van der Waals surface area (Å²) in [4.78, 5) is 0. The summed E-state index contributed by atoms with van der Waals surface area (Å²) in [6.45, 7) is 8.61. The molecule has 0 radical (unpaired) electrons. The molecule has 0 aliphatic rings. The minimum Gasteiger partial charge on any atom is -0.454 e. The highest BCUT2D eigenvalue weighted by Gasteiger charge is 2.14. The van der Waals surface area contributed by atoms with Gasteiger partial charge in [0.1, 0.15) is 5.76 Å². The summed E-state index contributed by atoms with van der Waals surface area (Å²) in [5.74, 6) is 1.02. The molecule has 1 aromatic rings. The molecule has 0 fully saturated rings. The Hall–Kier alpha value is -0.0300. The van der Waals surface area contributed by atoms with Crippen LogP contribution in [0.15, 0.2) is 16.5 Å². The zero-order chi connectivity index (χ0) is 10.6. The first-order valence-corrected chi connectivity index (χ1v) is 6.06.